The zero-order chi connectivity index (χ0) is 31.6. The fourth-order valence-corrected chi connectivity index (χ4v) is 7.21. The summed E-state index contributed by atoms with van der Waals surface area (Å²) >= 11 is 1.68. The van der Waals surface area contributed by atoms with Gasteiger partial charge in [0.25, 0.3) is 0 Å². The summed E-state index contributed by atoms with van der Waals surface area (Å²) in [5, 5.41) is 21.8. The average molecular weight is 614 g/mol. The van der Waals surface area contributed by atoms with E-state index in [0.717, 1.165) is 73.8 Å². The molecule has 6 nitrogen and oxygen atoms in total. The van der Waals surface area contributed by atoms with E-state index in [0.29, 0.717) is 12.5 Å². The maximum Gasteiger partial charge on any atom is 0.0775 e. The molecule has 0 heterocycles. The summed E-state index contributed by atoms with van der Waals surface area (Å²) in [6, 6.07) is 0.173. The van der Waals surface area contributed by atoms with Crippen LogP contribution in [0.5, 0.6) is 0 Å². The fraction of sp³-hybridized carbons (Fsp3) is 0.667. The van der Waals surface area contributed by atoms with Gasteiger partial charge in [-0.2, -0.15) is 0 Å². The molecular formula is C36H63N5OS. The number of nitrogens with zero attached hydrogens (tertiary/aromatic N) is 1. The van der Waals surface area contributed by atoms with Crippen molar-refractivity contribution in [2.75, 3.05) is 33.7 Å². The maximum atomic E-state index is 10.9. The Balaban J connectivity index is 2.16. The minimum Gasteiger partial charge on any atom is -0.393 e. The predicted molar refractivity (Wildman–Crippen MR) is 189 cm³/mol. The number of nitrogens with one attached hydrogen (secondary N) is 3. The Kier molecular flexibility index (Phi) is 18.3. The minimum atomic E-state index is -0.306. The second-order valence-electron chi connectivity index (χ2n) is 13.1. The second kappa shape index (κ2) is 21.1. The monoisotopic (exact) mass is 613 g/mol. The van der Waals surface area contributed by atoms with E-state index in [-0.39, 0.29) is 24.1 Å². The lowest BCUT2D eigenvalue weighted by molar-refractivity contribution is 0.120. The molecule has 0 saturated heterocycles. The Bertz CT molecular complexity index is 936. The number of hydrogen-bond acceptors (Lipinski definition) is 7. The van der Waals surface area contributed by atoms with Crippen LogP contribution in [0.25, 0.3) is 0 Å². The first kappa shape index (κ1) is 37.4. The molecule has 4 atom stereocenters. The molecule has 6 N–H and O–H groups in total. The SMILES string of the molecule is C=C(C[C@@H](CC1=CC=CCC=C1)C(=C)NC(CNC)C(=C)NC(CC1CCCCC1)C[C@@H](O)CC(C)C)SN(C)CCN. The third-order valence-electron chi connectivity index (χ3n) is 8.45. The van der Waals surface area contributed by atoms with Gasteiger partial charge in [0.15, 0.2) is 0 Å². The smallest absolute Gasteiger partial charge is 0.0775 e. The van der Waals surface area contributed by atoms with Crippen LogP contribution in [0.15, 0.2) is 72.0 Å². The summed E-state index contributed by atoms with van der Waals surface area (Å²) in [6.45, 7) is 20.0. The highest BCUT2D eigenvalue weighted by Crippen LogP contribution is 2.32. The number of aliphatic hydroxyl groups excluding tert-OH is 1. The largest absolute Gasteiger partial charge is 0.393 e. The van der Waals surface area contributed by atoms with Crippen molar-refractivity contribution in [3.63, 3.8) is 0 Å². The van der Waals surface area contributed by atoms with Gasteiger partial charge >= 0.3 is 0 Å². The van der Waals surface area contributed by atoms with E-state index in [1.54, 1.807) is 11.9 Å². The first-order valence-corrected chi connectivity index (χ1v) is 17.4. The highest BCUT2D eigenvalue weighted by Gasteiger charge is 2.25. The summed E-state index contributed by atoms with van der Waals surface area (Å²) in [7, 11) is 4.04. The van der Waals surface area contributed by atoms with Crippen molar-refractivity contribution in [2.45, 2.75) is 103 Å². The lowest BCUT2D eigenvalue weighted by atomic mass is 9.83. The van der Waals surface area contributed by atoms with E-state index in [1.807, 2.05) is 7.05 Å². The molecule has 0 aromatic heterocycles. The Labute approximate surface area is 268 Å². The highest BCUT2D eigenvalue weighted by molar-refractivity contribution is 8.00. The van der Waals surface area contributed by atoms with Gasteiger partial charge in [0.05, 0.1) is 12.1 Å². The van der Waals surface area contributed by atoms with Crippen LogP contribution in [0.1, 0.15) is 84.5 Å². The maximum absolute atomic E-state index is 10.9. The summed E-state index contributed by atoms with van der Waals surface area (Å²) in [4.78, 5) is 1.10. The highest BCUT2D eigenvalue weighted by atomic mass is 32.2. The molecule has 0 aromatic rings. The molecule has 2 aliphatic rings. The summed E-state index contributed by atoms with van der Waals surface area (Å²) in [5.41, 5.74) is 9.03. The Morgan fingerprint density at radius 1 is 1.09 bits per heavy atom. The Hall–Kier alpha value is -1.77. The molecule has 0 spiro atoms. The van der Waals surface area contributed by atoms with Gasteiger partial charge in [0.2, 0.25) is 0 Å². The first-order chi connectivity index (χ1) is 20.6. The molecule has 2 unspecified atom stereocenters. The lowest BCUT2D eigenvalue weighted by Gasteiger charge is -2.33. The van der Waals surface area contributed by atoms with Crippen molar-refractivity contribution < 1.29 is 5.11 Å². The van der Waals surface area contributed by atoms with Crippen molar-refractivity contribution in [2.24, 2.45) is 23.5 Å². The average Bonchev–Trinajstić information content (AvgIpc) is 3.21. The van der Waals surface area contributed by atoms with Crippen molar-refractivity contribution in [3.8, 4) is 0 Å². The predicted octanol–water partition coefficient (Wildman–Crippen LogP) is 6.81. The van der Waals surface area contributed by atoms with Crippen molar-refractivity contribution in [1.82, 2.24) is 20.3 Å². The van der Waals surface area contributed by atoms with E-state index in [2.05, 4.69) is 91.3 Å². The summed E-state index contributed by atoms with van der Waals surface area (Å²) in [6.07, 6.45) is 22.6. The summed E-state index contributed by atoms with van der Waals surface area (Å²) < 4.78 is 2.15. The molecule has 0 radical (unpaired) electrons. The van der Waals surface area contributed by atoms with E-state index in [4.69, 9.17) is 5.73 Å². The molecule has 2 aliphatic carbocycles. The van der Waals surface area contributed by atoms with Gasteiger partial charge in [0, 0.05) is 43.0 Å². The second-order valence-corrected chi connectivity index (χ2v) is 14.5. The van der Waals surface area contributed by atoms with Crippen molar-refractivity contribution >= 4 is 11.9 Å². The van der Waals surface area contributed by atoms with Crippen LogP contribution < -0.4 is 21.7 Å². The topological polar surface area (TPSA) is 85.6 Å². The van der Waals surface area contributed by atoms with Crippen LogP contribution in [-0.2, 0) is 0 Å². The van der Waals surface area contributed by atoms with Gasteiger partial charge in [-0.25, -0.2) is 4.31 Å². The Morgan fingerprint density at radius 3 is 2.51 bits per heavy atom. The van der Waals surface area contributed by atoms with Gasteiger partial charge in [-0.1, -0.05) is 96.1 Å². The molecule has 244 valence electrons. The van der Waals surface area contributed by atoms with Crippen molar-refractivity contribution in [1.29, 1.82) is 0 Å². The van der Waals surface area contributed by atoms with E-state index >= 15 is 0 Å². The van der Waals surface area contributed by atoms with Crippen LogP contribution in [-0.4, -0.2) is 61.3 Å². The summed E-state index contributed by atoms with van der Waals surface area (Å²) in [5.74, 6) is 1.37. The number of aliphatic hydroxyl groups is 1. The van der Waals surface area contributed by atoms with Gasteiger partial charge in [-0.05, 0) is 86.9 Å². The number of nitrogens with two attached hydrogens (primary N) is 1. The van der Waals surface area contributed by atoms with Gasteiger partial charge < -0.3 is 26.8 Å². The van der Waals surface area contributed by atoms with Gasteiger partial charge in [-0.3, -0.25) is 0 Å². The molecule has 2 rings (SSSR count). The van der Waals surface area contributed by atoms with Crippen LogP contribution >= 0.6 is 11.9 Å². The van der Waals surface area contributed by atoms with Gasteiger partial charge in [-0.15, -0.1) is 0 Å². The van der Waals surface area contributed by atoms with Gasteiger partial charge in [0.1, 0.15) is 0 Å². The molecule has 43 heavy (non-hydrogen) atoms. The molecule has 0 bridgehead atoms. The van der Waals surface area contributed by atoms with Crippen LogP contribution in [0.4, 0.5) is 0 Å². The zero-order valence-electron chi connectivity index (χ0n) is 27.8. The molecule has 0 aliphatic heterocycles. The van der Waals surface area contributed by atoms with E-state index < -0.39 is 0 Å². The number of hydrogen-bond donors (Lipinski definition) is 5. The molecule has 7 heteroatoms. The van der Waals surface area contributed by atoms with Crippen LogP contribution in [0.2, 0.25) is 0 Å². The number of likely N-dealkylation sites (N-methyl/N-ethyl adjacent to an activating group) is 2. The zero-order valence-corrected chi connectivity index (χ0v) is 28.6. The third kappa shape index (κ3) is 15.7. The quantitative estimate of drug-likeness (QED) is 0.0858. The molecule has 1 saturated carbocycles. The molecular weight excluding hydrogens is 550 g/mol. The van der Waals surface area contributed by atoms with E-state index in [9.17, 15) is 5.11 Å². The van der Waals surface area contributed by atoms with Crippen molar-refractivity contribution in [3.05, 3.63) is 72.0 Å². The van der Waals surface area contributed by atoms with E-state index in [1.165, 1.54) is 37.7 Å². The minimum absolute atomic E-state index is 0.0320. The standard InChI is InChI=1S/C36H63N5OS/c1-27(2)21-35(42)25-34(24-32-17-13-10-14-18-32)39-30(5)36(26-38-6)40-29(4)33(22-28(3)43-41(7)20-19-37)23-31-15-11-8-9-12-16-31/h8,11-12,15-16,27,32-36,38-40,42H,3-5,9-10,13-14,17-26,37H2,1-2,6-7H3/t33-,34?,35-,36?/m0/s1. The first-order valence-electron chi connectivity index (χ1n) is 16.6. The Morgan fingerprint density at radius 2 is 1.84 bits per heavy atom. The lowest BCUT2D eigenvalue weighted by Crippen LogP contribution is -2.46. The normalized spacial score (nSPS) is 18.6. The molecule has 0 amide bonds. The number of rotatable bonds is 22. The number of allylic oxidation sites excluding steroid dienone is 8. The van der Waals surface area contributed by atoms with Crippen LogP contribution in [0.3, 0.4) is 0 Å². The molecule has 0 aromatic carbocycles. The fourth-order valence-electron chi connectivity index (χ4n) is 6.30. The van der Waals surface area contributed by atoms with Crippen LogP contribution in [0, 0.1) is 17.8 Å². The molecule has 1 fully saturated rings. The third-order valence-corrected chi connectivity index (χ3v) is 9.37.